The average Bonchev–Trinajstić information content (AvgIpc) is 3.77. The minimum atomic E-state index is -0.932. The van der Waals surface area contributed by atoms with Crippen molar-refractivity contribution in [1.29, 1.82) is 0 Å². The van der Waals surface area contributed by atoms with Crippen LogP contribution in [-0.4, -0.2) is 56.8 Å². The van der Waals surface area contributed by atoms with Gasteiger partial charge in [-0.05, 0) is 81.5 Å². The Balaban J connectivity index is 1.32. The molecule has 3 heterocycles. The molecule has 0 unspecified atom stereocenters. The smallest absolute Gasteiger partial charge is 0.229 e. The largest absolute Gasteiger partial charge is 0.395 e. The van der Waals surface area contributed by atoms with Gasteiger partial charge >= 0.3 is 0 Å². The molecule has 3 aromatic rings. The fourth-order valence-corrected chi connectivity index (χ4v) is 5.66. The SMILES string of the molecule is CN(CCO)C1(c2ccc3c(c2)N(c2ncc(-c4cc(C(C)(C)O)ccn4)cn2)CC32CC2)CC1. The molecule has 182 valence electrons. The maximum absolute atomic E-state index is 10.4. The fraction of sp³-hybridized carbons (Fsp3) is 0.464. The summed E-state index contributed by atoms with van der Waals surface area (Å²) in [7, 11) is 2.11. The van der Waals surface area contributed by atoms with Crippen LogP contribution in [0.5, 0.6) is 0 Å². The monoisotopic (exact) mass is 471 g/mol. The van der Waals surface area contributed by atoms with Crippen LogP contribution in [0.3, 0.4) is 0 Å². The van der Waals surface area contributed by atoms with Gasteiger partial charge in [0.1, 0.15) is 0 Å². The van der Waals surface area contributed by atoms with E-state index >= 15 is 0 Å². The van der Waals surface area contributed by atoms with Crippen LogP contribution >= 0.6 is 0 Å². The quantitative estimate of drug-likeness (QED) is 0.541. The molecule has 0 saturated heterocycles. The van der Waals surface area contributed by atoms with Crippen molar-refractivity contribution < 1.29 is 10.2 Å². The van der Waals surface area contributed by atoms with E-state index in [4.69, 9.17) is 9.97 Å². The van der Waals surface area contributed by atoms with E-state index in [-0.39, 0.29) is 17.6 Å². The van der Waals surface area contributed by atoms with E-state index < -0.39 is 5.60 Å². The lowest BCUT2D eigenvalue weighted by Crippen LogP contribution is -2.34. The van der Waals surface area contributed by atoms with E-state index in [1.165, 1.54) is 29.7 Å². The first-order valence-corrected chi connectivity index (χ1v) is 12.5. The van der Waals surface area contributed by atoms with Gasteiger partial charge in [0.05, 0.1) is 17.9 Å². The second-order valence-corrected chi connectivity index (χ2v) is 11.0. The Kier molecular flexibility index (Phi) is 5.04. The molecule has 1 spiro atoms. The molecule has 2 saturated carbocycles. The van der Waals surface area contributed by atoms with Crippen molar-refractivity contribution >= 4 is 11.6 Å². The molecule has 2 N–H and O–H groups in total. The van der Waals surface area contributed by atoms with Gasteiger partial charge in [0.15, 0.2) is 0 Å². The standard InChI is InChI=1S/C28H33N5O2/c1-26(2,35)20-6-11-29-23(14-20)19-16-30-25(31-17-19)33-18-27(7-8-27)22-5-4-21(15-24(22)33)28(9-10-28)32(3)12-13-34/h4-6,11,14-17,34-35H,7-10,12-13,18H2,1-3H3. The number of hydrogen-bond donors (Lipinski definition) is 2. The Morgan fingerprint density at radius 1 is 1.03 bits per heavy atom. The summed E-state index contributed by atoms with van der Waals surface area (Å²) in [4.78, 5) is 18.6. The zero-order chi connectivity index (χ0) is 24.4. The van der Waals surface area contributed by atoms with E-state index in [1.54, 1.807) is 20.0 Å². The number of likely N-dealkylation sites (N-methyl/N-ethyl adjacent to an activating group) is 1. The van der Waals surface area contributed by atoms with Gasteiger partial charge in [0, 0.05) is 53.9 Å². The number of benzene rings is 1. The van der Waals surface area contributed by atoms with Gasteiger partial charge in [-0.2, -0.15) is 0 Å². The molecule has 7 nitrogen and oxygen atoms in total. The van der Waals surface area contributed by atoms with Crippen molar-refractivity contribution in [2.24, 2.45) is 0 Å². The van der Waals surface area contributed by atoms with E-state index in [0.29, 0.717) is 12.5 Å². The van der Waals surface area contributed by atoms with Crippen molar-refractivity contribution in [3.8, 4) is 11.3 Å². The second-order valence-electron chi connectivity index (χ2n) is 11.0. The Labute approximate surface area is 206 Å². The van der Waals surface area contributed by atoms with Gasteiger partial charge in [-0.3, -0.25) is 9.88 Å². The number of aliphatic hydroxyl groups excluding tert-OH is 1. The van der Waals surface area contributed by atoms with Crippen LogP contribution in [0, 0.1) is 0 Å². The molecule has 0 atom stereocenters. The predicted octanol–water partition coefficient (Wildman–Crippen LogP) is 3.86. The van der Waals surface area contributed by atoms with Gasteiger partial charge in [-0.15, -0.1) is 0 Å². The number of pyridine rings is 1. The lowest BCUT2D eigenvalue weighted by molar-refractivity contribution is 0.0785. The van der Waals surface area contributed by atoms with Crippen LogP contribution in [0.4, 0.5) is 11.6 Å². The van der Waals surface area contributed by atoms with E-state index in [1.807, 2.05) is 24.5 Å². The number of aromatic nitrogens is 3. The Morgan fingerprint density at radius 3 is 2.40 bits per heavy atom. The summed E-state index contributed by atoms with van der Waals surface area (Å²) in [6, 6.07) is 10.7. The highest BCUT2D eigenvalue weighted by Gasteiger charge is 2.54. The number of rotatable bonds is 7. The van der Waals surface area contributed by atoms with Crippen molar-refractivity contribution in [1.82, 2.24) is 19.9 Å². The number of nitrogens with zero attached hydrogens (tertiary/aromatic N) is 5. The van der Waals surface area contributed by atoms with Crippen LogP contribution in [0.15, 0.2) is 48.9 Å². The highest BCUT2D eigenvalue weighted by molar-refractivity contribution is 5.73. The van der Waals surface area contributed by atoms with Gasteiger partial charge in [-0.25, -0.2) is 9.97 Å². The van der Waals surface area contributed by atoms with Crippen LogP contribution in [0.1, 0.15) is 56.2 Å². The first kappa shape index (κ1) is 22.6. The molecule has 3 aliphatic rings. The first-order valence-electron chi connectivity index (χ1n) is 12.5. The second kappa shape index (κ2) is 7.82. The third-order valence-corrected chi connectivity index (χ3v) is 8.24. The number of aliphatic hydroxyl groups is 2. The van der Waals surface area contributed by atoms with Gasteiger partial charge in [0.2, 0.25) is 5.95 Å². The third kappa shape index (κ3) is 3.73. The molecule has 7 heteroatoms. The Morgan fingerprint density at radius 2 is 1.77 bits per heavy atom. The molecule has 1 aliphatic heterocycles. The van der Waals surface area contributed by atoms with E-state index in [2.05, 4.69) is 40.0 Å². The molecular formula is C28H33N5O2. The molecular weight excluding hydrogens is 438 g/mol. The van der Waals surface area contributed by atoms with Crippen LogP contribution in [-0.2, 0) is 16.6 Å². The summed E-state index contributed by atoms with van der Waals surface area (Å²) in [5, 5.41) is 19.8. The maximum atomic E-state index is 10.4. The van der Waals surface area contributed by atoms with Crippen molar-refractivity contribution in [2.75, 3.05) is 31.6 Å². The third-order valence-electron chi connectivity index (χ3n) is 8.24. The molecule has 1 aromatic carbocycles. The number of hydrogen-bond acceptors (Lipinski definition) is 7. The summed E-state index contributed by atoms with van der Waals surface area (Å²) >= 11 is 0. The predicted molar refractivity (Wildman–Crippen MR) is 135 cm³/mol. The highest BCUT2D eigenvalue weighted by Crippen LogP contribution is 2.59. The van der Waals surface area contributed by atoms with E-state index in [0.717, 1.165) is 36.2 Å². The lowest BCUT2D eigenvalue weighted by Gasteiger charge is -2.29. The van der Waals surface area contributed by atoms with E-state index in [9.17, 15) is 10.2 Å². The fourth-order valence-electron chi connectivity index (χ4n) is 5.66. The van der Waals surface area contributed by atoms with Crippen LogP contribution in [0.25, 0.3) is 11.3 Å². The topological polar surface area (TPSA) is 85.6 Å². The molecule has 2 fully saturated rings. The minimum Gasteiger partial charge on any atom is -0.395 e. The number of anilines is 2. The molecule has 0 amide bonds. The zero-order valence-electron chi connectivity index (χ0n) is 20.7. The van der Waals surface area contributed by atoms with Crippen molar-refractivity contribution in [3.05, 3.63) is 65.6 Å². The Hall–Kier alpha value is -2.87. The Bertz CT molecular complexity index is 1260. The lowest BCUT2D eigenvalue weighted by atomic mass is 9.94. The van der Waals surface area contributed by atoms with Crippen molar-refractivity contribution in [2.45, 2.75) is 56.1 Å². The van der Waals surface area contributed by atoms with Gasteiger partial charge < -0.3 is 15.1 Å². The normalized spacial score (nSPS) is 19.3. The summed E-state index contributed by atoms with van der Waals surface area (Å²) in [6.45, 7) is 5.30. The first-order chi connectivity index (χ1) is 16.8. The number of fused-ring (bicyclic) bond motifs is 2. The highest BCUT2D eigenvalue weighted by atomic mass is 16.3. The summed E-state index contributed by atoms with van der Waals surface area (Å²) in [5.41, 5.74) is 5.67. The zero-order valence-corrected chi connectivity index (χ0v) is 20.7. The summed E-state index contributed by atoms with van der Waals surface area (Å²) < 4.78 is 0. The van der Waals surface area contributed by atoms with Crippen molar-refractivity contribution in [3.63, 3.8) is 0 Å². The van der Waals surface area contributed by atoms with Gasteiger partial charge in [-0.1, -0.05) is 12.1 Å². The summed E-state index contributed by atoms with van der Waals surface area (Å²) in [5.74, 6) is 0.711. The molecule has 2 aliphatic carbocycles. The molecule has 0 bridgehead atoms. The maximum Gasteiger partial charge on any atom is 0.229 e. The molecule has 0 radical (unpaired) electrons. The molecule has 2 aromatic heterocycles. The van der Waals surface area contributed by atoms with Gasteiger partial charge in [0.25, 0.3) is 0 Å². The minimum absolute atomic E-state index is 0.0324. The van der Waals surface area contributed by atoms with Crippen LogP contribution in [0.2, 0.25) is 0 Å². The van der Waals surface area contributed by atoms with Crippen LogP contribution < -0.4 is 4.90 Å². The molecule has 35 heavy (non-hydrogen) atoms. The average molecular weight is 472 g/mol. The molecule has 6 rings (SSSR count). The summed E-state index contributed by atoms with van der Waals surface area (Å²) in [6.07, 6.45) is 10.0.